The van der Waals surface area contributed by atoms with E-state index in [4.69, 9.17) is 11.5 Å². The first kappa shape index (κ1) is 11.5. The Morgan fingerprint density at radius 2 is 2.14 bits per heavy atom. The number of aliphatic hydroxyl groups excluding tert-OH is 1. The summed E-state index contributed by atoms with van der Waals surface area (Å²) in [7, 11) is 0. The fourth-order valence-corrected chi connectivity index (χ4v) is 1.69. The summed E-state index contributed by atoms with van der Waals surface area (Å²) in [5, 5.41) is 9.80. The van der Waals surface area contributed by atoms with Crippen LogP contribution in [0.5, 0.6) is 0 Å². The van der Waals surface area contributed by atoms with Crippen molar-refractivity contribution in [3.63, 3.8) is 0 Å². The van der Waals surface area contributed by atoms with Crippen LogP contribution in [0.1, 0.15) is 24.5 Å². The van der Waals surface area contributed by atoms with E-state index in [1.54, 1.807) is 0 Å². The van der Waals surface area contributed by atoms with Crippen LogP contribution < -0.4 is 11.5 Å². The fourth-order valence-electron chi connectivity index (χ4n) is 1.31. The molecule has 0 aromatic heterocycles. The Bertz CT molecular complexity index is 304. The van der Waals surface area contributed by atoms with Crippen molar-refractivity contribution in [2.24, 2.45) is 5.73 Å². The smallest absolute Gasteiger partial charge is 0.0810 e. The minimum absolute atomic E-state index is 0.518. The van der Waals surface area contributed by atoms with E-state index in [2.05, 4.69) is 15.9 Å². The number of aliphatic hydroxyl groups is 1. The van der Waals surface area contributed by atoms with Crippen molar-refractivity contribution in [3.05, 3.63) is 28.2 Å². The third-order valence-corrected chi connectivity index (χ3v) is 2.82. The number of halogens is 1. The Morgan fingerprint density at radius 3 is 2.79 bits per heavy atom. The fraction of sp³-hybridized carbons (Fsp3) is 0.400. The minimum Gasteiger partial charge on any atom is -0.398 e. The van der Waals surface area contributed by atoms with Crippen LogP contribution in [-0.2, 0) is 0 Å². The Morgan fingerprint density at radius 1 is 1.43 bits per heavy atom. The van der Waals surface area contributed by atoms with Crippen molar-refractivity contribution >= 4 is 21.6 Å². The van der Waals surface area contributed by atoms with Gasteiger partial charge in [-0.05, 0) is 41.4 Å². The molecule has 0 aliphatic rings. The SMILES string of the molecule is NCCCC(O)c1cccc(Br)c1N. The number of benzene rings is 1. The number of hydrogen-bond acceptors (Lipinski definition) is 3. The molecule has 0 bridgehead atoms. The highest BCUT2D eigenvalue weighted by atomic mass is 79.9. The lowest BCUT2D eigenvalue weighted by Crippen LogP contribution is -2.06. The predicted molar refractivity (Wildman–Crippen MR) is 61.8 cm³/mol. The molecule has 1 atom stereocenters. The monoisotopic (exact) mass is 258 g/mol. The Labute approximate surface area is 92.2 Å². The van der Waals surface area contributed by atoms with Crippen molar-refractivity contribution in [1.29, 1.82) is 0 Å². The number of nitrogens with two attached hydrogens (primary N) is 2. The summed E-state index contributed by atoms with van der Waals surface area (Å²) >= 11 is 3.32. The molecular formula is C10H15BrN2O. The van der Waals surface area contributed by atoms with Crippen molar-refractivity contribution in [1.82, 2.24) is 0 Å². The maximum absolute atomic E-state index is 9.80. The zero-order valence-corrected chi connectivity index (χ0v) is 9.50. The van der Waals surface area contributed by atoms with Crippen LogP contribution in [0.4, 0.5) is 5.69 Å². The molecule has 0 saturated carbocycles. The molecule has 1 aromatic carbocycles. The van der Waals surface area contributed by atoms with Gasteiger partial charge in [0, 0.05) is 10.0 Å². The molecule has 0 amide bonds. The standard InChI is InChI=1S/C10H15BrN2O/c11-8-4-1-3-7(10(8)13)9(14)5-2-6-12/h1,3-4,9,14H,2,5-6,12-13H2. The summed E-state index contributed by atoms with van der Waals surface area (Å²) < 4.78 is 0.821. The Hall–Kier alpha value is -0.580. The molecule has 0 fully saturated rings. The van der Waals surface area contributed by atoms with Gasteiger partial charge in [-0.15, -0.1) is 0 Å². The van der Waals surface area contributed by atoms with Crippen molar-refractivity contribution < 1.29 is 5.11 Å². The van der Waals surface area contributed by atoms with E-state index in [0.717, 1.165) is 16.5 Å². The van der Waals surface area contributed by atoms with Crippen LogP contribution in [0.15, 0.2) is 22.7 Å². The van der Waals surface area contributed by atoms with Gasteiger partial charge in [0.1, 0.15) is 0 Å². The highest BCUT2D eigenvalue weighted by Crippen LogP contribution is 2.29. The first-order valence-corrected chi connectivity index (χ1v) is 5.38. The van der Waals surface area contributed by atoms with Crippen molar-refractivity contribution in [2.45, 2.75) is 18.9 Å². The summed E-state index contributed by atoms with van der Waals surface area (Å²) in [6.45, 7) is 0.588. The summed E-state index contributed by atoms with van der Waals surface area (Å²) in [6.07, 6.45) is 0.931. The van der Waals surface area contributed by atoms with Crippen LogP contribution in [0.25, 0.3) is 0 Å². The van der Waals surface area contributed by atoms with Gasteiger partial charge >= 0.3 is 0 Å². The largest absolute Gasteiger partial charge is 0.398 e. The zero-order valence-electron chi connectivity index (χ0n) is 7.91. The molecule has 5 N–H and O–H groups in total. The third kappa shape index (κ3) is 2.70. The van der Waals surface area contributed by atoms with E-state index in [1.165, 1.54) is 0 Å². The molecule has 0 spiro atoms. The molecule has 1 rings (SSSR count). The van der Waals surface area contributed by atoms with Gasteiger partial charge in [-0.25, -0.2) is 0 Å². The number of anilines is 1. The Balaban J connectivity index is 2.79. The van der Waals surface area contributed by atoms with Crippen LogP contribution in [0.2, 0.25) is 0 Å². The van der Waals surface area contributed by atoms with E-state index in [1.807, 2.05) is 18.2 Å². The molecule has 0 saturated heterocycles. The molecule has 4 heteroatoms. The molecule has 14 heavy (non-hydrogen) atoms. The van der Waals surface area contributed by atoms with E-state index in [-0.39, 0.29) is 0 Å². The molecule has 0 radical (unpaired) electrons. The molecule has 0 aliphatic heterocycles. The first-order valence-electron chi connectivity index (χ1n) is 4.59. The maximum Gasteiger partial charge on any atom is 0.0810 e. The summed E-state index contributed by atoms with van der Waals surface area (Å²) in [5.41, 5.74) is 12.6. The normalized spacial score (nSPS) is 12.8. The lowest BCUT2D eigenvalue weighted by Gasteiger charge is -2.13. The van der Waals surface area contributed by atoms with Crippen LogP contribution in [-0.4, -0.2) is 11.7 Å². The van der Waals surface area contributed by atoms with Gasteiger partial charge in [0.05, 0.1) is 11.8 Å². The van der Waals surface area contributed by atoms with E-state index in [0.29, 0.717) is 18.7 Å². The topological polar surface area (TPSA) is 72.3 Å². The van der Waals surface area contributed by atoms with Gasteiger partial charge in [0.2, 0.25) is 0 Å². The van der Waals surface area contributed by atoms with Crippen LogP contribution in [0, 0.1) is 0 Å². The van der Waals surface area contributed by atoms with E-state index in [9.17, 15) is 5.11 Å². The third-order valence-electron chi connectivity index (χ3n) is 2.13. The summed E-state index contributed by atoms with van der Waals surface area (Å²) in [5.74, 6) is 0. The Kier molecular flexibility index (Phi) is 4.38. The maximum atomic E-state index is 9.80. The van der Waals surface area contributed by atoms with Gasteiger partial charge in [-0.2, -0.15) is 0 Å². The molecule has 1 unspecified atom stereocenters. The van der Waals surface area contributed by atoms with Crippen molar-refractivity contribution in [3.8, 4) is 0 Å². The second-order valence-corrected chi connectivity index (χ2v) is 4.04. The molecule has 1 aromatic rings. The molecular weight excluding hydrogens is 244 g/mol. The molecule has 78 valence electrons. The molecule has 0 heterocycles. The average Bonchev–Trinajstić information content (AvgIpc) is 2.18. The lowest BCUT2D eigenvalue weighted by atomic mass is 10.0. The second-order valence-electron chi connectivity index (χ2n) is 3.19. The lowest BCUT2D eigenvalue weighted by molar-refractivity contribution is 0.166. The first-order chi connectivity index (χ1) is 6.66. The number of para-hydroxylation sites is 1. The van der Waals surface area contributed by atoms with E-state index < -0.39 is 6.10 Å². The quantitative estimate of drug-likeness (QED) is 0.722. The number of nitrogen functional groups attached to an aromatic ring is 1. The summed E-state index contributed by atoms with van der Waals surface area (Å²) in [4.78, 5) is 0. The number of rotatable bonds is 4. The van der Waals surface area contributed by atoms with Crippen LogP contribution in [0.3, 0.4) is 0 Å². The predicted octanol–water partition coefficient (Wildman–Crippen LogP) is 1.80. The van der Waals surface area contributed by atoms with Gasteiger partial charge in [0.25, 0.3) is 0 Å². The highest BCUT2D eigenvalue weighted by Gasteiger charge is 2.11. The van der Waals surface area contributed by atoms with Gasteiger partial charge < -0.3 is 16.6 Å². The van der Waals surface area contributed by atoms with Crippen LogP contribution >= 0.6 is 15.9 Å². The molecule has 0 aliphatic carbocycles. The van der Waals surface area contributed by atoms with Crippen molar-refractivity contribution in [2.75, 3.05) is 12.3 Å². The number of hydrogen-bond donors (Lipinski definition) is 3. The zero-order chi connectivity index (χ0) is 10.6. The van der Waals surface area contributed by atoms with Gasteiger partial charge in [-0.3, -0.25) is 0 Å². The van der Waals surface area contributed by atoms with Gasteiger partial charge in [-0.1, -0.05) is 12.1 Å². The second kappa shape index (κ2) is 5.34. The summed E-state index contributed by atoms with van der Waals surface area (Å²) in [6, 6.07) is 5.55. The van der Waals surface area contributed by atoms with Gasteiger partial charge in [0.15, 0.2) is 0 Å². The average molecular weight is 259 g/mol. The highest BCUT2D eigenvalue weighted by molar-refractivity contribution is 9.10. The van der Waals surface area contributed by atoms with E-state index >= 15 is 0 Å². The minimum atomic E-state index is -0.518. The molecule has 3 nitrogen and oxygen atoms in total.